The third-order valence-corrected chi connectivity index (χ3v) is 3.97. The summed E-state index contributed by atoms with van der Waals surface area (Å²) in [5.74, 6) is 2.89. The fraction of sp³-hybridized carbons (Fsp3) is 0.786. The predicted octanol–water partition coefficient (Wildman–Crippen LogP) is 3.36. The third-order valence-electron chi connectivity index (χ3n) is 3.97. The molecule has 0 radical (unpaired) electrons. The number of imidazole rings is 1. The van der Waals surface area contributed by atoms with Gasteiger partial charge in [-0.05, 0) is 25.2 Å². The quantitative estimate of drug-likeness (QED) is 0.867. The number of aromatic nitrogens is 2. The zero-order valence-corrected chi connectivity index (χ0v) is 11.4. The summed E-state index contributed by atoms with van der Waals surface area (Å²) in [7, 11) is 2.05. The van der Waals surface area contributed by atoms with Crippen molar-refractivity contribution >= 4 is 5.95 Å². The number of nitrogens with one attached hydrogen (secondary N) is 1. The van der Waals surface area contributed by atoms with Crippen molar-refractivity contribution in [3.8, 4) is 0 Å². The second-order valence-electron chi connectivity index (χ2n) is 5.66. The molecule has 1 aliphatic rings. The molecule has 0 saturated heterocycles. The molecule has 0 bridgehead atoms. The van der Waals surface area contributed by atoms with E-state index in [1.54, 1.807) is 0 Å². The van der Waals surface area contributed by atoms with Gasteiger partial charge in [0.05, 0.1) is 5.69 Å². The Bertz CT molecular complexity index is 348. The van der Waals surface area contributed by atoms with E-state index in [9.17, 15) is 0 Å². The summed E-state index contributed by atoms with van der Waals surface area (Å²) in [6.45, 7) is 5.47. The van der Waals surface area contributed by atoms with Gasteiger partial charge in [0, 0.05) is 19.8 Å². The monoisotopic (exact) mass is 235 g/mol. The molecule has 0 spiro atoms. The summed E-state index contributed by atoms with van der Waals surface area (Å²) in [6, 6.07) is 0. The number of hydrogen-bond acceptors (Lipinski definition) is 2. The number of hydrogen-bond donors (Lipinski definition) is 1. The second-order valence-corrected chi connectivity index (χ2v) is 5.66. The number of anilines is 1. The van der Waals surface area contributed by atoms with Crippen LogP contribution in [0.5, 0.6) is 0 Å². The van der Waals surface area contributed by atoms with Crippen LogP contribution in [0.1, 0.15) is 44.7 Å². The Hall–Kier alpha value is -0.990. The van der Waals surface area contributed by atoms with Gasteiger partial charge >= 0.3 is 0 Å². The minimum Gasteiger partial charge on any atom is -0.356 e. The van der Waals surface area contributed by atoms with E-state index in [1.807, 2.05) is 14.0 Å². The molecule has 0 aromatic carbocycles. The molecule has 1 aromatic rings. The maximum atomic E-state index is 4.46. The zero-order valence-electron chi connectivity index (χ0n) is 11.4. The van der Waals surface area contributed by atoms with Crippen LogP contribution >= 0.6 is 0 Å². The summed E-state index contributed by atoms with van der Waals surface area (Å²) < 4.78 is 2.07. The lowest BCUT2D eigenvalue weighted by Gasteiger charge is -2.26. The van der Waals surface area contributed by atoms with Crippen LogP contribution in [0.15, 0.2) is 6.20 Å². The summed E-state index contributed by atoms with van der Waals surface area (Å²) in [6.07, 6.45) is 9.03. The predicted molar refractivity (Wildman–Crippen MR) is 72.2 cm³/mol. The Labute approximate surface area is 105 Å². The molecule has 1 N–H and O–H groups in total. The lowest BCUT2D eigenvalue weighted by atomic mass is 9.81. The fourth-order valence-electron chi connectivity index (χ4n) is 2.79. The molecular formula is C14H25N3. The van der Waals surface area contributed by atoms with E-state index >= 15 is 0 Å². The van der Waals surface area contributed by atoms with E-state index in [0.29, 0.717) is 0 Å². The Morgan fingerprint density at radius 2 is 2.06 bits per heavy atom. The van der Waals surface area contributed by atoms with Crippen molar-refractivity contribution in [1.29, 1.82) is 0 Å². The smallest absolute Gasteiger partial charge is 0.202 e. The average molecular weight is 235 g/mol. The van der Waals surface area contributed by atoms with Gasteiger partial charge in [0.25, 0.3) is 0 Å². The van der Waals surface area contributed by atoms with Crippen LogP contribution in [-0.4, -0.2) is 16.1 Å². The van der Waals surface area contributed by atoms with E-state index in [4.69, 9.17) is 0 Å². The minimum atomic E-state index is 0.931. The minimum absolute atomic E-state index is 0.931. The van der Waals surface area contributed by atoms with E-state index < -0.39 is 0 Å². The maximum Gasteiger partial charge on any atom is 0.202 e. The highest BCUT2D eigenvalue weighted by atomic mass is 15.2. The first-order valence-corrected chi connectivity index (χ1v) is 6.89. The van der Waals surface area contributed by atoms with Crippen molar-refractivity contribution in [1.82, 2.24) is 9.55 Å². The third kappa shape index (κ3) is 3.48. The molecule has 0 atom stereocenters. The van der Waals surface area contributed by atoms with Crippen LogP contribution in [0.3, 0.4) is 0 Å². The molecule has 1 heterocycles. The Morgan fingerprint density at radius 1 is 1.35 bits per heavy atom. The summed E-state index contributed by atoms with van der Waals surface area (Å²) >= 11 is 0. The van der Waals surface area contributed by atoms with Gasteiger partial charge in [-0.2, -0.15) is 0 Å². The van der Waals surface area contributed by atoms with Gasteiger partial charge in [0.15, 0.2) is 0 Å². The number of nitrogens with zero attached hydrogens (tertiary/aromatic N) is 2. The molecule has 3 heteroatoms. The number of aryl methyl sites for hydroxylation is 2. The van der Waals surface area contributed by atoms with Gasteiger partial charge in [-0.15, -0.1) is 0 Å². The maximum absolute atomic E-state index is 4.46. The van der Waals surface area contributed by atoms with Crippen molar-refractivity contribution in [2.24, 2.45) is 18.9 Å². The molecule has 3 nitrogen and oxygen atoms in total. The molecule has 1 aliphatic carbocycles. The van der Waals surface area contributed by atoms with E-state index in [2.05, 4.69) is 28.0 Å². The molecule has 1 aromatic heterocycles. The first-order chi connectivity index (χ1) is 8.15. The highest BCUT2D eigenvalue weighted by molar-refractivity contribution is 5.27. The lowest BCUT2D eigenvalue weighted by molar-refractivity contribution is 0.281. The van der Waals surface area contributed by atoms with E-state index in [-0.39, 0.29) is 0 Å². The van der Waals surface area contributed by atoms with Crippen LogP contribution < -0.4 is 5.32 Å². The molecule has 96 valence electrons. The molecule has 1 fully saturated rings. The van der Waals surface area contributed by atoms with Gasteiger partial charge in [0.1, 0.15) is 0 Å². The SMILES string of the molecule is Cc1cn(C)c(NCCC2CCC(C)CC2)n1. The average Bonchev–Trinajstić information content (AvgIpc) is 2.60. The van der Waals surface area contributed by atoms with Crippen molar-refractivity contribution < 1.29 is 0 Å². The van der Waals surface area contributed by atoms with Crippen LogP contribution in [0.2, 0.25) is 0 Å². The molecule has 1 saturated carbocycles. The Kier molecular flexibility index (Phi) is 4.08. The molecule has 0 unspecified atom stereocenters. The largest absolute Gasteiger partial charge is 0.356 e. The van der Waals surface area contributed by atoms with Gasteiger partial charge in [-0.1, -0.05) is 32.6 Å². The normalized spacial score (nSPS) is 24.9. The van der Waals surface area contributed by atoms with E-state index in [0.717, 1.165) is 30.0 Å². The molecule has 2 rings (SSSR count). The number of rotatable bonds is 4. The van der Waals surface area contributed by atoms with Crippen molar-refractivity contribution in [3.05, 3.63) is 11.9 Å². The Morgan fingerprint density at radius 3 is 2.65 bits per heavy atom. The topological polar surface area (TPSA) is 29.9 Å². The van der Waals surface area contributed by atoms with Crippen molar-refractivity contribution in [2.45, 2.75) is 46.0 Å². The van der Waals surface area contributed by atoms with Crippen LogP contribution in [0.25, 0.3) is 0 Å². The van der Waals surface area contributed by atoms with Gasteiger partial charge in [-0.3, -0.25) is 0 Å². The first-order valence-electron chi connectivity index (χ1n) is 6.89. The highest BCUT2D eigenvalue weighted by Gasteiger charge is 2.17. The fourth-order valence-corrected chi connectivity index (χ4v) is 2.79. The summed E-state index contributed by atoms with van der Waals surface area (Å²) in [5.41, 5.74) is 1.08. The van der Waals surface area contributed by atoms with Crippen LogP contribution in [-0.2, 0) is 7.05 Å². The lowest BCUT2D eigenvalue weighted by Crippen LogP contribution is -2.16. The second kappa shape index (κ2) is 5.56. The van der Waals surface area contributed by atoms with Gasteiger partial charge in [-0.25, -0.2) is 4.98 Å². The molecular weight excluding hydrogens is 210 g/mol. The van der Waals surface area contributed by atoms with E-state index in [1.165, 1.54) is 32.1 Å². The summed E-state index contributed by atoms with van der Waals surface area (Å²) in [4.78, 5) is 4.46. The summed E-state index contributed by atoms with van der Waals surface area (Å²) in [5, 5.41) is 3.44. The van der Waals surface area contributed by atoms with Gasteiger partial charge < -0.3 is 9.88 Å². The zero-order chi connectivity index (χ0) is 12.3. The highest BCUT2D eigenvalue weighted by Crippen LogP contribution is 2.30. The van der Waals surface area contributed by atoms with Gasteiger partial charge in [0.2, 0.25) is 5.95 Å². The van der Waals surface area contributed by atoms with Crippen molar-refractivity contribution in [3.63, 3.8) is 0 Å². The van der Waals surface area contributed by atoms with Crippen molar-refractivity contribution in [2.75, 3.05) is 11.9 Å². The first kappa shape index (κ1) is 12.5. The van der Waals surface area contributed by atoms with Crippen LogP contribution in [0, 0.1) is 18.8 Å². The molecule has 17 heavy (non-hydrogen) atoms. The van der Waals surface area contributed by atoms with Crippen LogP contribution in [0.4, 0.5) is 5.95 Å². The Balaban J connectivity index is 1.71. The molecule has 0 amide bonds. The standard InChI is InChI=1S/C14H25N3/c1-11-4-6-13(7-5-11)8-9-15-14-16-12(2)10-17(14)3/h10-11,13H,4-9H2,1-3H3,(H,15,16). The molecule has 0 aliphatic heterocycles.